The van der Waals surface area contributed by atoms with Crippen LogP contribution in [0.2, 0.25) is 0 Å². The molecule has 8 heteroatoms. The Labute approximate surface area is 168 Å². The summed E-state index contributed by atoms with van der Waals surface area (Å²) in [4.78, 5) is 4.38. The molecule has 2 unspecified atom stereocenters. The molecule has 0 aliphatic carbocycles. The summed E-state index contributed by atoms with van der Waals surface area (Å²) in [5.74, 6) is -0.229. The summed E-state index contributed by atoms with van der Waals surface area (Å²) >= 11 is 0. The fraction of sp³-hybridized carbons (Fsp3) is 0.588. The average Bonchev–Trinajstić information content (AvgIpc) is 2.45. The van der Waals surface area contributed by atoms with Gasteiger partial charge in [-0.2, -0.15) is 0 Å². The second-order valence-corrected chi connectivity index (χ2v) is 8.78. The van der Waals surface area contributed by atoms with Gasteiger partial charge in [-0.3, -0.25) is 9.20 Å². The zero-order valence-electron chi connectivity index (χ0n) is 15.4. The van der Waals surface area contributed by atoms with Crippen molar-refractivity contribution in [2.45, 2.75) is 45.4 Å². The van der Waals surface area contributed by atoms with E-state index >= 15 is 0 Å². The van der Waals surface area contributed by atoms with E-state index < -0.39 is 22.4 Å². The van der Waals surface area contributed by atoms with Crippen LogP contribution in [0.3, 0.4) is 0 Å². The first kappa shape index (κ1) is 24.2. The number of nitrogens with zero attached hydrogens (tertiary/aromatic N) is 1. The lowest BCUT2D eigenvalue weighted by Gasteiger charge is -2.19. The number of benzene rings is 1. The number of rotatable bonds is 6. The van der Waals surface area contributed by atoms with Crippen LogP contribution in [0.15, 0.2) is 23.2 Å². The molecule has 0 saturated heterocycles. The maximum absolute atomic E-state index is 13.8. The second-order valence-electron chi connectivity index (χ2n) is 6.45. The fourth-order valence-electron chi connectivity index (χ4n) is 2.00. The number of guanidine groups is 1. The molecule has 2 atom stereocenters. The third-order valence-electron chi connectivity index (χ3n) is 3.36. The zero-order valence-corrected chi connectivity index (χ0v) is 18.5. The van der Waals surface area contributed by atoms with Crippen LogP contribution in [-0.4, -0.2) is 33.8 Å². The highest BCUT2D eigenvalue weighted by atomic mass is 127. The van der Waals surface area contributed by atoms with Crippen LogP contribution in [0, 0.1) is 11.6 Å². The van der Waals surface area contributed by atoms with E-state index in [1.807, 2.05) is 27.7 Å². The number of aliphatic imine (C=N–C) groups is 1. The first-order valence-corrected chi connectivity index (χ1v) is 9.35. The number of nitrogens with one attached hydrogen (secondary N) is 2. The molecule has 1 aromatic carbocycles. The van der Waals surface area contributed by atoms with Gasteiger partial charge in [0.15, 0.2) is 5.96 Å². The molecule has 25 heavy (non-hydrogen) atoms. The zero-order chi connectivity index (χ0) is 18.3. The molecule has 0 aromatic heterocycles. The van der Waals surface area contributed by atoms with E-state index in [2.05, 4.69) is 15.6 Å². The van der Waals surface area contributed by atoms with E-state index in [1.165, 1.54) is 12.1 Å². The molecular formula is C17H28F2IN3OS. The minimum absolute atomic E-state index is 0. The highest BCUT2D eigenvalue weighted by Crippen LogP contribution is 2.17. The van der Waals surface area contributed by atoms with E-state index in [0.717, 1.165) is 6.07 Å². The highest BCUT2D eigenvalue weighted by Gasteiger charge is 2.19. The second kappa shape index (κ2) is 11.1. The first-order chi connectivity index (χ1) is 11.1. The number of hydrogen-bond donors (Lipinski definition) is 2. The molecular weight excluding hydrogens is 459 g/mol. The van der Waals surface area contributed by atoms with Crippen molar-refractivity contribution in [3.8, 4) is 0 Å². The van der Waals surface area contributed by atoms with Crippen molar-refractivity contribution in [2.24, 2.45) is 4.99 Å². The van der Waals surface area contributed by atoms with Crippen molar-refractivity contribution < 1.29 is 13.0 Å². The summed E-state index contributed by atoms with van der Waals surface area (Å²) < 4.78 is 38.6. The maximum Gasteiger partial charge on any atom is 0.191 e. The lowest BCUT2D eigenvalue weighted by molar-refractivity contribution is 0.551. The van der Waals surface area contributed by atoms with Gasteiger partial charge >= 0.3 is 0 Å². The van der Waals surface area contributed by atoms with Gasteiger partial charge in [-0.15, -0.1) is 24.0 Å². The van der Waals surface area contributed by atoms with Gasteiger partial charge in [0.1, 0.15) is 11.6 Å². The molecule has 0 amide bonds. The first-order valence-electron chi connectivity index (χ1n) is 8.03. The van der Waals surface area contributed by atoms with Crippen molar-refractivity contribution in [3.05, 3.63) is 35.4 Å². The van der Waals surface area contributed by atoms with Crippen LogP contribution in [-0.2, 0) is 10.8 Å². The molecule has 0 radical (unpaired) electrons. The van der Waals surface area contributed by atoms with E-state index in [4.69, 9.17) is 0 Å². The van der Waals surface area contributed by atoms with E-state index in [1.54, 1.807) is 6.92 Å². The predicted molar refractivity (Wildman–Crippen MR) is 112 cm³/mol. The summed E-state index contributed by atoms with van der Waals surface area (Å²) in [6.45, 7) is 10.5. The molecule has 0 heterocycles. The Morgan fingerprint density at radius 2 is 1.96 bits per heavy atom. The third kappa shape index (κ3) is 8.44. The molecule has 0 saturated carbocycles. The summed E-state index contributed by atoms with van der Waals surface area (Å²) in [7, 11) is -0.977. The number of halogens is 3. The lowest BCUT2D eigenvalue weighted by Crippen LogP contribution is -2.39. The summed E-state index contributed by atoms with van der Waals surface area (Å²) in [6.07, 6.45) is 0. The van der Waals surface area contributed by atoms with Crippen molar-refractivity contribution >= 4 is 40.7 Å². The Kier molecular flexibility index (Phi) is 10.7. The Balaban J connectivity index is 0.00000576. The van der Waals surface area contributed by atoms with Gasteiger partial charge in [-0.1, -0.05) is 6.07 Å². The average molecular weight is 487 g/mol. The Hall–Kier alpha value is -0.770. The summed E-state index contributed by atoms with van der Waals surface area (Å²) in [5.41, 5.74) is 0.361. The monoisotopic (exact) mass is 487 g/mol. The van der Waals surface area contributed by atoms with E-state index in [9.17, 15) is 13.0 Å². The minimum Gasteiger partial charge on any atom is -0.357 e. The molecule has 0 spiro atoms. The quantitative estimate of drug-likeness (QED) is 0.365. The van der Waals surface area contributed by atoms with Crippen LogP contribution in [0.5, 0.6) is 0 Å². The topological polar surface area (TPSA) is 53.5 Å². The van der Waals surface area contributed by atoms with E-state index in [-0.39, 0.29) is 34.8 Å². The molecule has 0 fully saturated rings. The fourth-order valence-corrected chi connectivity index (χ4v) is 2.87. The van der Waals surface area contributed by atoms with Gasteiger partial charge < -0.3 is 10.6 Å². The molecule has 0 bridgehead atoms. The van der Waals surface area contributed by atoms with Gasteiger partial charge in [0.2, 0.25) is 0 Å². The van der Waals surface area contributed by atoms with Gasteiger partial charge in [-0.05, 0) is 40.7 Å². The SMILES string of the molecule is CCNC(=NCCS(=O)C(C)(C)C)NC(C)c1ccc(F)cc1F.I. The van der Waals surface area contributed by atoms with Crippen LogP contribution in [0.25, 0.3) is 0 Å². The Bertz CT molecular complexity index is 606. The van der Waals surface area contributed by atoms with Crippen molar-refractivity contribution in [1.82, 2.24) is 10.6 Å². The van der Waals surface area contributed by atoms with Gasteiger partial charge in [0.25, 0.3) is 0 Å². The highest BCUT2D eigenvalue weighted by molar-refractivity contribution is 14.0. The largest absolute Gasteiger partial charge is 0.357 e. The van der Waals surface area contributed by atoms with Crippen molar-refractivity contribution in [1.29, 1.82) is 0 Å². The van der Waals surface area contributed by atoms with Gasteiger partial charge in [0, 0.05) is 39.5 Å². The van der Waals surface area contributed by atoms with Crippen LogP contribution in [0.4, 0.5) is 8.78 Å². The summed E-state index contributed by atoms with van der Waals surface area (Å²) in [5, 5.41) is 6.15. The molecule has 4 nitrogen and oxygen atoms in total. The van der Waals surface area contributed by atoms with Crippen molar-refractivity contribution in [2.75, 3.05) is 18.8 Å². The minimum atomic E-state index is -0.977. The normalized spacial score (nSPS) is 14.4. The molecule has 2 N–H and O–H groups in total. The van der Waals surface area contributed by atoms with Crippen LogP contribution >= 0.6 is 24.0 Å². The predicted octanol–water partition coefficient (Wildman–Crippen LogP) is 3.75. The van der Waals surface area contributed by atoms with E-state index in [0.29, 0.717) is 30.4 Å². The van der Waals surface area contributed by atoms with Crippen molar-refractivity contribution in [3.63, 3.8) is 0 Å². The molecule has 1 rings (SSSR count). The number of hydrogen-bond acceptors (Lipinski definition) is 2. The smallest absolute Gasteiger partial charge is 0.191 e. The van der Waals surface area contributed by atoms with Gasteiger partial charge in [-0.25, -0.2) is 8.78 Å². The molecule has 0 aliphatic heterocycles. The maximum atomic E-state index is 13.8. The summed E-state index contributed by atoms with van der Waals surface area (Å²) in [6, 6.07) is 3.13. The molecule has 1 aromatic rings. The Morgan fingerprint density at radius 1 is 1.32 bits per heavy atom. The van der Waals surface area contributed by atoms with Crippen LogP contribution < -0.4 is 10.6 Å². The standard InChI is InChI=1S/C17H27F2N3OS.HI/c1-6-20-16(21-9-10-24(23)17(3,4)5)22-12(2)14-8-7-13(18)11-15(14)19;/h7-8,11-12H,6,9-10H2,1-5H3,(H2,20,21,22);1H. The molecule has 144 valence electrons. The van der Waals surface area contributed by atoms with Crippen LogP contribution in [0.1, 0.15) is 46.2 Å². The Morgan fingerprint density at radius 3 is 2.48 bits per heavy atom. The molecule has 0 aliphatic rings. The van der Waals surface area contributed by atoms with Gasteiger partial charge in [0.05, 0.1) is 12.6 Å². The lowest BCUT2D eigenvalue weighted by atomic mass is 10.1. The third-order valence-corrected chi connectivity index (χ3v) is 5.28.